The first-order valence-electron chi connectivity index (χ1n) is 4.40. The summed E-state index contributed by atoms with van der Waals surface area (Å²) in [6.45, 7) is 0.410. The van der Waals surface area contributed by atoms with Gasteiger partial charge in [0, 0.05) is 13.0 Å². The number of nitrogens with zero attached hydrogens (tertiary/aromatic N) is 1. The van der Waals surface area contributed by atoms with Gasteiger partial charge in [-0.1, -0.05) is 0 Å². The number of nitrogen functional groups attached to an aromatic ring is 1. The lowest BCUT2D eigenvalue weighted by Crippen LogP contribution is -2.16. The molecule has 0 saturated heterocycles. The van der Waals surface area contributed by atoms with E-state index >= 15 is 0 Å². The van der Waals surface area contributed by atoms with Crippen molar-refractivity contribution >= 4 is 17.5 Å². The van der Waals surface area contributed by atoms with Crippen LogP contribution < -0.4 is 16.6 Å². The molecule has 0 fully saturated rings. The molecule has 0 aromatic carbocycles. The van der Waals surface area contributed by atoms with Crippen LogP contribution in [0.3, 0.4) is 0 Å². The Hall–Kier alpha value is -2.05. The highest BCUT2D eigenvalue weighted by atomic mass is 16.4. The Balaban J connectivity index is 2.48. The third-order valence-electron chi connectivity index (χ3n) is 1.75. The fourth-order valence-electron chi connectivity index (χ4n) is 0.998. The van der Waals surface area contributed by atoms with Gasteiger partial charge in [0.05, 0.1) is 6.33 Å². The van der Waals surface area contributed by atoms with Gasteiger partial charge in [-0.3, -0.25) is 9.59 Å². The van der Waals surface area contributed by atoms with Crippen LogP contribution in [0.1, 0.15) is 12.8 Å². The van der Waals surface area contributed by atoms with Gasteiger partial charge in [-0.05, 0) is 6.42 Å². The van der Waals surface area contributed by atoms with E-state index in [1.807, 2.05) is 0 Å². The molecule has 0 unspecified atom stereocenters. The fourth-order valence-corrected chi connectivity index (χ4v) is 0.998. The van der Waals surface area contributed by atoms with Crippen LogP contribution in [0.25, 0.3) is 0 Å². The lowest BCUT2D eigenvalue weighted by atomic mass is 10.3. The van der Waals surface area contributed by atoms with Gasteiger partial charge >= 0.3 is 5.97 Å². The summed E-state index contributed by atoms with van der Waals surface area (Å²) in [6.07, 6.45) is 1.75. The van der Waals surface area contributed by atoms with Gasteiger partial charge in [-0.15, -0.1) is 0 Å². The predicted molar refractivity (Wildman–Crippen MR) is 54.6 cm³/mol. The molecule has 1 aromatic rings. The molecule has 15 heavy (non-hydrogen) atoms. The summed E-state index contributed by atoms with van der Waals surface area (Å²) in [5, 5.41) is 11.2. The average molecular weight is 212 g/mol. The number of carbonyl (C=O) groups is 1. The summed E-state index contributed by atoms with van der Waals surface area (Å²) in [4.78, 5) is 27.4. The zero-order valence-electron chi connectivity index (χ0n) is 7.99. The fraction of sp³-hybridized carbons (Fsp3) is 0.375. The number of nitrogens with one attached hydrogen (secondary N) is 2. The number of carboxylic acids is 1. The summed E-state index contributed by atoms with van der Waals surface area (Å²) in [7, 11) is 0. The topological polar surface area (TPSA) is 121 Å². The highest BCUT2D eigenvalue weighted by molar-refractivity contribution is 5.66. The van der Waals surface area contributed by atoms with Crippen molar-refractivity contribution in [3.05, 3.63) is 16.7 Å². The maximum atomic E-state index is 11.0. The van der Waals surface area contributed by atoms with Crippen molar-refractivity contribution < 1.29 is 9.90 Å². The van der Waals surface area contributed by atoms with Crippen molar-refractivity contribution in [2.24, 2.45) is 0 Å². The second-order valence-electron chi connectivity index (χ2n) is 2.92. The van der Waals surface area contributed by atoms with E-state index in [9.17, 15) is 9.59 Å². The monoisotopic (exact) mass is 212 g/mol. The molecule has 0 aliphatic rings. The normalized spacial score (nSPS) is 9.87. The molecule has 1 rings (SSSR count). The van der Waals surface area contributed by atoms with Gasteiger partial charge in [-0.2, -0.15) is 0 Å². The molecule has 7 heteroatoms. The van der Waals surface area contributed by atoms with E-state index < -0.39 is 11.5 Å². The van der Waals surface area contributed by atoms with Crippen LogP contribution in [-0.2, 0) is 4.79 Å². The molecule has 5 N–H and O–H groups in total. The number of H-pyrrole nitrogens is 1. The number of aliphatic carboxylic acids is 1. The molecule has 0 spiro atoms. The first-order chi connectivity index (χ1) is 7.11. The van der Waals surface area contributed by atoms with Gasteiger partial charge in [0.15, 0.2) is 5.82 Å². The lowest BCUT2D eigenvalue weighted by Gasteiger charge is -2.05. The second-order valence-corrected chi connectivity index (χ2v) is 2.92. The first-order valence-corrected chi connectivity index (χ1v) is 4.40. The Labute approximate surface area is 85.3 Å². The van der Waals surface area contributed by atoms with Crippen LogP contribution in [0.5, 0.6) is 0 Å². The smallest absolute Gasteiger partial charge is 0.303 e. The number of aromatic amines is 1. The van der Waals surface area contributed by atoms with Crippen LogP contribution >= 0.6 is 0 Å². The number of nitrogens with two attached hydrogens (primary N) is 1. The summed E-state index contributed by atoms with van der Waals surface area (Å²) in [5.74, 6) is -0.576. The molecule has 0 aliphatic carbocycles. The van der Waals surface area contributed by atoms with Crippen LogP contribution in [-0.4, -0.2) is 27.6 Å². The molecule has 0 aliphatic heterocycles. The number of carboxylic acid groups (broad SMARTS) is 1. The second kappa shape index (κ2) is 4.99. The zero-order valence-corrected chi connectivity index (χ0v) is 7.99. The van der Waals surface area contributed by atoms with Gasteiger partial charge in [0.25, 0.3) is 5.56 Å². The van der Waals surface area contributed by atoms with E-state index in [0.29, 0.717) is 13.0 Å². The Morgan fingerprint density at radius 1 is 1.67 bits per heavy atom. The molecular weight excluding hydrogens is 200 g/mol. The van der Waals surface area contributed by atoms with E-state index in [4.69, 9.17) is 10.8 Å². The molecule has 1 heterocycles. The Kier molecular flexibility index (Phi) is 3.67. The molecule has 0 radical (unpaired) electrons. The van der Waals surface area contributed by atoms with E-state index in [1.165, 1.54) is 6.33 Å². The Morgan fingerprint density at radius 3 is 3.07 bits per heavy atom. The molecule has 0 amide bonds. The van der Waals surface area contributed by atoms with Crippen LogP contribution in [0.2, 0.25) is 0 Å². The maximum absolute atomic E-state index is 11.0. The van der Waals surface area contributed by atoms with Crippen molar-refractivity contribution in [2.75, 3.05) is 17.6 Å². The minimum atomic E-state index is -0.858. The molecule has 0 atom stereocenters. The molecule has 82 valence electrons. The highest BCUT2D eigenvalue weighted by Crippen LogP contribution is 2.06. The summed E-state index contributed by atoms with van der Waals surface area (Å²) in [6, 6.07) is 0. The zero-order chi connectivity index (χ0) is 11.3. The summed E-state index contributed by atoms with van der Waals surface area (Å²) < 4.78 is 0. The quantitative estimate of drug-likeness (QED) is 0.494. The van der Waals surface area contributed by atoms with Gasteiger partial charge in [0.2, 0.25) is 0 Å². The van der Waals surface area contributed by atoms with E-state index in [1.54, 1.807) is 0 Å². The molecular formula is C8H12N4O3. The van der Waals surface area contributed by atoms with Crippen LogP contribution in [0.15, 0.2) is 11.1 Å². The van der Waals surface area contributed by atoms with Crippen molar-refractivity contribution in [2.45, 2.75) is 12.8 Å². The minimum Gasteiger partial charge on any atom is -0.481 e. The minimum absolute atomic E-state index is 0.00725. The third-order valence-corrected chi connectivity index (χ3v) is 1.75. The number of anilines is 2. The predicted octanol–water partition coefficient (Wildman–Crippen LogP) is -0.371. The maximum Gasteiger partial charge on any atom is 0.303 e. The Bertz CT molecular complexity index is 401. The number of hydrogen-bond acceptors (Lipinski definition) is 5. The van der Waals surface area contributed by atoms with Crippen molar-refractivity contribution in [3.63, 3.8) is 0 Å². The van der Waals surface area contributed by atoms with Crippen LogP contribution in [0.4, 0.5) is 11.5 Å². The number of hydrogen-bond donors (Lipinski definition) is 4. The average Bonchev–Trinajstić information content (AvgIpc) is 2.18. The van der Waals surface area contributed by atoms with Gasteiger partial charge in [-0.25, -0.2) is 4.98 Å². The third kappa shape index (κ3) is 3.29. The van der Waals surface area contributed by atoms with Crippen molar-refractivity contribution in [1.29, 1.82) is 0 Å². The van der Waals surface area contributed by atoms with E-state index in [-0.39, 0.29) is 17.9 Å². The van der Waals surface area contributed by atoms with Gasteiger partial charge < -0.3 is 21.1 Å². The van der Waals surface area contributed by atoms with E-state index in [0.717, 1.165) is 0 Å². The Morgan fingerprint density at radius 2 is 2.40 bits per heavy atom. The number of aromatic nitrogens is 2. The van der Waals surface area contributed by atoms with Crippen LogP contribution in [0, 0.1) is 0 Å². The first kappa shape index (κ1) is 11.0. The van der Waals surface area contributed by atoms with Gasteiger partial charge in [0.1, 0.15) is 5.69 Å². The standard InChI is InChI=1S/C8H12N4O3/c9-6-7(11-4-12-8(6)15)10-3-1-2-5(13)14/h4H,1-3,9H2,(H,13,14)(H2,10,11,12,15). The van der Waals surface area contributed by atoms with Crippen molar-refractivity contribution in [1.82, 2.24) is 9.97 Å². The largest absolute Gasteiger partial charge is 0.481 e. The summed E-state index contributed by atoms with van der Waals surface area (Å²) in [5.41, 5.74) is 5.04. The molecule has 0 bridgehead atoms. The SMILES string of the molecule is Nc1c(NCCCC(=O)O)nc[nH]c1=O. The number of rotatable bonds is 5. The molecule has 0 saturated carbocycles. The van der Waals surface area contributed by atoms with Crippen molar-refractivity contribution in [3.8, 4) is 0 Å². The lowest BCUT2D eigenvalue weighted by molar-refractivity contribution is -0.137. The molecule has 1 aromatic heterocycles. The van der Waals surface area contributed by atoms with E-state index in [2.05, 4.69) is 15.3 Å². The molecule has 7 nitrogen and oxygen atoms in total. The summed E-state index contributed by atoms with van der Waals surface area (Å²) >= 11 is 0. The highest BCUT2D eigenvalue weighted by Gasteiger charge is 2.03.